The number of aliphatic imine (C=N–C) groups is 1. The maximum atomic E-state index is 4.83. The molecule has 0 saturated heterocycles. The predicted molar refractivity (Wildman–Crippen MR) is 132 cm³/mol. The first-order valence-corrected chi connectivity index (χ1v) is 10.6. The van der Waals surface area contributed by atoms with Gasteiger partial charge < -0.3 is 14.8 Å². The molecular formula is C20H31IN8S. The Morgan fingerprint density at radius 1 is 1.30 bits per heavy atom. The van der Waals surface area contributed by atoms with Gasteiger partial charge in [0.05, 0.1) is 12.2 Å². The molecule has 0 radical (unpaired) electrons. The largest absolute Gasteiger partial charge is 0.351 e. The standard InChI is InChI=1S/C20H30N8S.HI/c1-14(2)19-16(13-27(5)25-19)12-26(4)20(21-10-17-8-7-9-29-17)22-11-18-24-23-15(3)28(18)6;/h7-9,13-14H,10-12H2,1-6H3,(H,21,22);1H. The van der Waals surface area contributed by atoms with Crippen LogP contribution in [-0.4, -0.2) is 42.5 Å². The van der Waals surface area contributed by atoms with Crippen LogP contribution in [0.5, 0.6) is 0 Å². The van der Waals surface area contributed by atoms with Crippen molar-refractivity contribution in [2.24, 2.45) is 19.1 Å². The molecule has 3 heterocycles. The highest BCUT2D eigenvalue weighted by Crippen LogP contribution is 2.19. The summed E-state index contributed by atoms with van der Waals surface area (Å²) >= 11 is 1.73. The van der Waals surface area contributed by atoms with Gasteiger partial charge in [-0.1, -0.05) is 19.9 Å². The lowest BCUT2D eigenvalue weighted by atomic mass is 10.1. The van der Waals surface area contributed by atoms with Gasteiger partial charge in [-0.05, 0) is 24.3 Å². The van der Waals surface area contributed by atoms with Crippen molar-refractivity contribution < 1.29 is 0 Å². The molecule has 0 amide bonds. The number of aromatic nitrogens is 5. The topological polar surface area (TPSA) is 76.2 Å². The smallest absolute Gasteiger partial charge is 0.194 e. The number of thiophene rings is 1. The van der Waals surface area contributed by atoms with E-state index in [4.69, 9.17) is 4.99 Å². The maximum Gasteiger partial charge on any atom is 0.194 e. The molecule has 0 unspecified atom stereocenters. The summed E-state index contributed by atoms with van der Waals surface area (Å²) in [7, 11) is 5.99. The van der Waals surface area contributed by atoms with Gasteiger partial charge in [-0.25, -0.2) is 4.99 Å². The fourth-order valence-electron chi connectivity index (χ4n) is 3.12. The Bertz CT molecular complexity index is 958. The van der Waals surface area contributed by atoms with Gasteiger partial charge in [-0.2, -0.15) is 5.10 Å². The number of nitrogens with one attached hydrogen (secondary N) is 1. The maximum absolute atomic E-state index is 4.83. The van der Waals surface area contributed by atoms with Crippen molar-refractivity contribution in [3.05, 3.63) is 51.5 Å². The monoisotopic (exact) mass is 542 g/mol. The summed E-state index contributed by atoms with van der Waals surface area (Å²) in [6, 6.07) is 4.19. The lowest BCUT2D eigenvalue weighted by Crippen LogP contribution is -2.38. The molecule has 0 aromatic carbocycles. The summed E-state index contributed by atoms with van der Waals surface area (Å²) in [5, 5.41) is 18.6. The van der Waals surface area contributed by atoms with Crippen LogP contribution in [0.2, 0.25) is 0 Å². The molecular weight excluding hydrogens is 511 g/mol. The van der Waals surface area contributed by atoms with E-state index in [9.17, 15) is 0 Å². The molecule has 0 aliphatic carbocycles. The molecule has 0 fully saturated rings. The molecule has 0 aliphatic heterocycles. The lowest BCUT2D eigenvalue weighted by molar-refractivity contribution is 0.470. The van der Waals surface area contributed by atoms with Crippen LogP contribution in [0.25, 0.3) is 0 Å². The summed E-state index contributed by atoms with van der Waals surface area (Å²) in [5.41, 5.74) is 2.34. The lowest BCUT2D eigenvalue weighted by Gasteiger charge is -2.22. The van der Waals surface area contributed by atoms with Crippen LogP contribution < -0.4 is 5.32 Å². The summed E-state index contributed by atoms with van der Waals surface area (Å²) in [6.45, 7) is 8.23. The Labute approximate surface area is 199 Å². The number of aryl methyl sites for hydroxylation is 2. The highest BCUT2D eigenvalue weighted by Gasteiger charge is 2.16. The first-order chi connectivity index (χ1) is 13.8. The van der Waals surface area contributed by atoms with Gasteiger partial charge in [-0.3, -0.25) is 4.68 Å². The highest BCUT2D eigenvalue weighted by atomic mass is 127. The molecule has 3 rings (SSSR count). The van der Waals surface area contributed by atoms with E-state index >= 15 is 0 Å². The zero-order chi connectivity index (χ0) is 21.0. The van der Waals surface area contributed by atoms with Crippen LogP contribution in [0, 0.1) is 6.92 Å². The first kappa shape index (κ1) is 24.3. The van der Waals surface area contributed by atoms with Gasteiger partial charge in [0.2, 0.25) is 0 Å². The number of hydrogen-bond acceptors (Lipinski definition) is 5. The molecule has 1 N–H and O–H groups in total. The Morgan fingerprint density at radius 2 is 2.07 bits per heavy atom. The first-order valence-electron chi connectivity index (χ1n) is 9.74. The van der Waals surface area contributed by atoms with Crippen LogP contribution in [-0.2, 0) is 33.7 Å². The zero-order valence-electron chi connectivity index (χ0n) is 18.5. The molecule has 3 aromatic rings. The summed E-state index contributed by atoms with van der Waals surface area (Å²) < 4.78 is 3.86. The second-order valence-electron chi connectivity index (χ2n) is 7.52. The Balaban J connectivity index is 0.00000320. The number of hydrogen-bond donors (Lipinski definition) is 1. The fourth-order valence-corrected chi connectivity index (χ4v) is 3.76. The van der Waals surface area contributed by atoms with E-state index in [1.807, 2.05) is 30.3 Å². The van der Waals surface area contributed by atoms with Crippen molar-refractivity contribution in [1.29, 1.82) is 0 Å². The molecule has 164 valence electrons. The second kappa shape index (κ2) is 10.9. The van der Waals surface area contributed by atoms with Crippen LogP contribution in [0.4, 0.5) is 0 Å². The van der Waals surface area contributed by atoms with E-state index < -0.39 is 0 Å². The normalized spacial score (nSPS) is 11.6. The van der Waals surface area contributed by atoms with Crippen molar-refractivity contribution in [3.63, 3.8) is 0 Å². The van der Waals surface area contributed by atoms with E-state index in [-0.39, 0.29) is 24.0 Å². The van der Waals surface area contributed by atoms with E-state index in [2.05, 4.69) is 70.1 Å². The van der Waals surface area contributed by atoms with E-state index in [1.54, 1.807) is 11.3 Å². The number of halogens is 1. The average Bonchev–Trinajstić information content (AvgIpc) is 3.38. The fraction of sp³-hybridized carbons (Fsp3) is 0.500. The van der Waals surface area contributed by atoms with Crippen LogP contribution in [0.3, 0.4) is 0 Å². The Hall–Kier alpha value is -1.95. The Kier molecular flexibility index (Phi) is 8.83. The van der Waals surface area contributed by atoms with E-state index in [1.165, 1.54) is 10.4 Å². The predicted octanol–water partition coefficient (Wildman–Crippen LogP) is 3.44. The molecule has 8 nitrogen and oxygen atoms in total. The number of nitrogens with zero attached hydrogens (tertiary/aromatic N) is 7. The van der Waals surface area contributed by atoms with Gasteiger partial charge in [-0.15, -0.1) is 45.5 Å². The number of guanidine groups is 1. The van der Waals surface area contributed by atoms with Crippen LogP contribution >= 0.6 is 35.3 Å². The quantitative estimate of drug-likeness (QED) is 0.281. The van der Waals surface area contributed by atoms with Crippen LogP contribution in [0.15, 0.2) is 28.7 Å². The summed E-state index contributed by atoms with van der Waals surface area (Å²) in [6.07, 6.45) is 2.09. The minimum atomic E-state index is 0. The van der Waals surface area contributed by atoms with E-state index in [0.29, 0.717) is 12.5 Å². The third kappa shape index (κ3) is 6.03. The summed E-state index contributed by atoms with van der Waals surface area (Å²) in [5.74, 6) is 2.93. The van der Waals surface area contributed by atoms with Crippen molar-refractivity contribution in [2.75, 3.05) is 7.05 Å². The zero-order valence-corrected chi connectivity index (χ0v) is 21.6. The van der Waals surface area contributed by atoms with Gasteiger partial charge >= 0.3 is 0 Å². The SMILES string of the molecule is Cc1nnc(CN=C(NCc2cccs2)N(C)Cc2cn(C)nc2C(C)C)n1C.I. The molecule has 0 bridgehead atoms. The van der Waals surface area contributed by atoms with E-state index in [0.717, 1.165) is 36.4 Å². The summed E-state index contributed by atoms with van der Waals surface area (Å²) in [4.78, 5) is 8.24. The third-order valence-electron chi connectivity index (χ3n) is 4.81. The van der Waals surface area contributed by atoms with Gasteiger partial charge in [0.15, 0.2) is 11.8 Å². The Morgan fingerprint density at radius 3 is 2.67 bits per heavy atom. The van der Waals surface area contributed by atoms with Gasteiger partial charge in [0.25, 0.3) is 0 Å². The van der Waals surface area contributed by atoms with Crippen LogP contribution in [0.1, 0.15) is 47.5 Å². The molecule has 0 spiro atoms. The average molecular weight is 542 g/mol. The molecule has 0 saturated carbocycles. The van der Waals surface area contributed by atoms with Gasteiger partial charge in [0, 0.05) is 44.3 Å². The second-order valence-corrected chi connectivity index (χ2v) is 8.55. The molecule has 30 heavy (non-hydrogen) atoms. The third-order valence-corrected chi connectivity index (χ3v) is 5.68. The minimum absolute atomic E-state index is 0. The van der Waals surface area contributed by atoms with Crippen molar-refractivity contribution >= 4 is 41.3 Å². The highest BCUT2D eigenvalue weighted by molar-refractivity contribution is 14.0. The molecule has 3 aromatic heterocycles. The van der Waals surface area contributed by atoms with Crippen molar-refractivity contribution in [1.82, 2.24) is 34.8 Å². The minimum Gasteiger partial charge on any atom is -0.351 e. The molecule has 10 heteroatoms. The van der Waals surface area contributed by atoms with Crippen molar-refractivity contribution in [3.8, 4) is 0 Å². The van der Waals surface area contributed by atoms with Crippen molar-refractivity contribution in [2.45, 2.75) is 46.3 Å². The molecule has 0 aliphatic rings. The number of rotatable bonds is 7. The van der Waals surface area contributed by atoms with Gasteiger partial charge in [0.1, 0.15) is 12.4 Å². The molecule has 0 atom stereocenters.